The summed E-state index contributed by atoms with van der Waals surface area (Å²) >= 11 is 3.21. The number of carbonyl (C=O) groups is 2. The number of carbonyl (C=O) groups excluding carboxylic acids is 1. The van der Waals surface area contributed by atoms with Crippen LogP contribution in [0.5, 0.6) is 0 Å². The molecule has 0 saturated carbocycles. The van der Waals surface area contributed by atoms with Gasteiger partial charge in [0.1, 0.15) is 5.60 Å². The van der Waals surface area contributed by atoms with Gasteiger partial charge in [-0.15, -0.1) is 0 Å². The summed E-state index contributed by atoms with van der Waals surface area (Å²) in [7, 11) is 0. The first-order valence-corrected chi connectivity index (χ1v) is 6.43. The van der Waals surface area contributed by atoms with E-state index >= 15 is 0 Å². The first-order chi connectivity index (χ1) is 8.60. The molecule has 0 aromatic heterocycles. The van der Waals surface area contributed by atoms with Crippen LogP contribution in [0.4, 0.5) is 10.5 Å². The molecule has 0 unspecified atom stereocenters. The van der Waals surface area contributed by atoms with Crippen molar-refractivity contribution in [3.8, 4) is 0 Å². The van der Waals surface area contributed by atoms with Crippen molar-refractivity contribution in [2.45, 2.75) is 33.3 Å². The van der Waals surface area contributed by atoms with E-state index in [1.165, 1.54) is 6.07 Å². The van der Waals surface area contributed by atoms with Gasteiger partial charge in [-0.3, -0.25) is 5.32 Å². The molecular formula is C13H16BrNO4. The largest absolute Gasteiger partial charge is 0.478 e. The van der Waals surface area contributed by atoms with E-state index in [1.807, 2.05) is 0 Å². The van der Waals surface area contributed by atoms with Gasteiger partial charge in [-0.1, -0.05) is 15.9 Å². The fourth-order valence-electron chi connectivity index (χ4n) is 1.44. The number of hydrogen-bond donors (Lipinski definition) is 2. The van der Waals surface area contributed by atoms with E-state index in [9.17, 15) is 9.59 Å². The number of aromatic carboxylic acids is 1. The second-order valence-corrected chi connectivity index (χ2v) is 5.97. The third kappa shape index (κ3) is 4.55. The number of carboxylic acids is 1. The lowest BCUT2D eigenvalue weighted by Crippen LogP contribution is -2.27. The van der Waals surface area contributed by atoms with E-state index in [4.69, 9.17) is 9.84 Å². The number of rotatable bonds is 2. The van der Waals surface area contributed by atoms with E-state index < -0.39 is 17.7 Å². The third-order valence-electron chi connectivity index (χ3n) is 2.24. The molecule has 1 aromatic rings. The van der Waals surface area contributed by atoms with E-state index in [1.54, 1.807) is 33.8 Å². The zero-order chi connectivity index (χ0) is 14.8. The van der Waals surface area contributed by atoms with Gasteiger partial charge in [0.2, 0.25) is 0 Å². The van der Waals surface area contributed by atoms with Crippen LogP contribution in [-0.2, 0) is 4.74 Å². The average molecular weight is 330 g/mol. The van der Waals surface area contributed by atoms with Gasteiger partial charge in [0, 0.05) is 10.2 Å². The lowest BCUT2D eigenvalue weighted by molar-refractivity contribution is 0.0632. The van der Waals surface area contributed by atoms with Gasteiger partial charge in [-0.2, -0.15) is 0 Å². The second kappa shape index (κ2) is 5.61. The molecule has 0 aliphatic heterocycles. The van der Waals surface area contributed by atoms with Crippen LogP contribution < -0.4 is 5.32 Å². The summed E-state index contributed by atoms with van der Waals surface area (Å²) in [5, 5.41) is 11.6. The molecule has 1 rings (SSSR count). The predicted octanol–water partition coefficient (Wildman–Crippen LogP) is 3.80. The Bertz CT molecular complexity index is 520. The minimum atomic E-state index is -1.05. The van der Waals surface area contributed by atoms with Gasteiger partial charge in [0.25, 0.3) is 0 Å². The molecule has 0 atom stereocenters. The second-order valence-electron chi connectivity index (χ2n) is 5.06. The van der Waals surface area contributed by atoms with Gasteiger partial charge in [0.05, 0.1) is 5.56 Å². The molecule has 0 radical (unpaired) electrons. The molecule has 0 heterocycles. The lowest BCUT2D eigenvalue weighted by Gasteiger charge is -2.20. The van der Waals surface area contributed by atoms with Crippen LogP contribution in [0.15, 0.2) is 16.6 Å². The van der Waals surface area contributed by atoms with Gasteiger partial charge in [-0.05, 0) is 45.4 Å². The zero-order valence-corrected chi connectivity index (χ0v) is 12.8. The standard InChI is InChI=1S/C13H16BrNO4/c1-7-9(11(16)17)5-8(14)6-10(7)15-12(18)19-13(2,3)4/h5-6H,1-4H3,(H,15,18)(H,16,17). The molecule has 1 aromatic carbocycles. The first kappa shape index (κ1) is 15.5. The Balaban J connectivity index is 3.02. The highest BCUT2D eigenvalue weighted by Gasteiger charge is 2.18. The zero-order valence-electron chi connectivity index (χ0n) is 11.2. The van der Waals surface area contributed by atoms with Crippen molar-refractivity contribution in [1.82, 2.24) is 0 Å². The SMILES string of the molecule is Cc1c(NC(=O)OC(C)(C)C)cc(Br)cc1C(=O)O. The monoisotopic (exact) mass is 329 g/mol. The summed E-state index contributed by atoms with van der Waals surface area (Å²) in [6.45, 7) is 6.89. The number of anilines is 1. The Labute approximate surface area is 120 Å². The number of carboxylic acid groups (broad SMARTS) is 1. The molecule has 0 fully saturated rings. The Hall–Kier alpha value is -1.56. The summed E-state index contributed by atoms with van der Waals surface area (Å²) in [5.41, 5.74) is 0.391. The van der Waals surface area contributed by atoms with Crippen molar-refractivity contribution in [2.75, 3.05) is 5.32 Å². The number of nitrogens with one attached hydrogen (secondary N) is 1. The maximum atomic E-state index is 11.7. The van der Waals surface area contributed by atoms with Crippen molar-refractivity contribution < 1.29 is 19.4 Å². The number of halogens is 1. The van der Waals surface area contributed by atoms with Crippen LogP contribution in [0.1, 0.15) is 36.7 Å². The van der Waals surface area contributed by atoms with Crippen LogP contribution in [0.25, 0.3) is 0 Å². The summed E-state index contributed by atoms with van der Waals surface area (Å²) in [6, 6.07) is 3.11. The van der Waals surface area contributed by atoms with Gasteiger partial charge in [-0.25, -0.2) is 9.59 Å². The normalized spacial score (nSPS) is 11.0. The highest BCUT2D eigenvalue weighted by molar-refractivity contribution is 9.10. The van der Waals surface area contributed by atoms with Crippen LogP contribution in [0, 0.1) is 6.92 Å². The Morgan fingerprint density at radius 2 is 1.89 bits per heavy atom. The van der Waals surface area contributed by atoms with Gasteiger partial charge < -0.3 is 9.84 Å². The van der Waals surface area contributed by atoms with Crippen molar-refractivity contribution in [1.29, 1.82) is 0 Å². The van der Waals surface area contributed by atoms with Crippen molar-refractivity contribution in [2.24, 2.45) is 0 Å². The van der Waals surface area contributed by atoms with Gasteiger partial charge >= 0.3 is 12.1 Å². The molecule has 0 aliphatic rings. The van der Waals surface area contributed by atoms with E-state index in [-0.39, 0.29) is 5.56 Å². The van der Waals surface area contributed by atoms with Crippen LogP contribution in [-0.4, -0.2) is 22.8 Å². The number of ether oxygens (including phenoxy) is 1. The molecule has 0 saturated heterocycles. The lowest BCUT2D eigenvalue weighted by atomic mass is 10.1. The predicted molar refractivity (Wildman–Crippen MR) is 75.7 cm³/mol. The summed E-state index contributed by atoms with van der Waals surface area (Å²) in [4.78, 5) is 22.8. The number of amides is 1. The Morgan fingerprint density at radius 1 is 1.32 bits per heavy atom. The maximum absolute atomic E-state index is 11.7. The maximum Gasteiger partial charge on any atom is 0.412 e. The van der Waals surface area contributed by atoms with Crippen molar-refractivity contribution >= 4 is 33.7 Å². The fourth-order valence-corrected chi connectivity index (χ4v) is 1.90. The van der Waals surface area contributed by atoms with Crippen LogP contribution >= 0.6 is 15.9 Å². The molecule has 0 bridgehead atoms. The molecule has 19 heavy (non-hydrogen) atoms. The Morgan fingerprint density at radius 3 is 2.37 bits per heavy atom. The van der Waals surface area contributed by atoms with E-state index in [0.717, 1.165) is 0 Å². The smallest absolute Gasteiger partial charge is 0.412 e. The topological polar surface area (TPSA) is 75.6 Å². The minimum absolute atomic E-state index is 0.125. The number of hydrogen-bond acceptors (Lipinski definition) is 3. The first-order valence-electron chi connectivity index (χ1n) is 5.63. The number of benzene rings is 1. The fraction of sp³-hybridized carbons (Fsp3) is 0.385. The van der Waals surface area contributed by atoms with Gasteiger partial charge in [0.15, 0.2) is 0 Å². The van der Waals surface area contributed by atoms with E-state index in [2.05, 4.69) is 21.2 Å². The minimum Gasteiger partial charge on any atom is -0.478 e. The molecule has 1 amide bonds. The van der Waals surface area contributed by atoms with Crippen molar-refractivity contribution in [3.05, 3.63) is 27.7 Å². The third-order valence-corrected chi connectivity index (χ3v) is 2.70. The molecule has 104 valence electrons. The molecule has 0 aliphatic carbocycles. The summed E-state index contributed by atoms with van der Waals surface area (Å²) in [6.07, 6.45) is -0.620. The molecular weight excluding hydrogens is 314 g/mol. The quantitative estimate of drug-likeness (QED) is 0.865. The molecule has 5 nitrogen and oxygen atoms in total. The summed E-state index contributed by atoms with van der Waals surface area (Å²) < 4.78 is 5.69. The van der Waals surface area contributed by atoms with Crippen LogP contribution in [0.2, 0.25) is 0 Å². The van der Waals surface area contributed by atoms with Crippen LogP contribution in [0.3, 0.4) is 0 Å². The van der Waals surface area contributed by atoms with Crippen molar-refractivity contribution in [3.63, 3.8) is 0 Å². The molecule has 6 heteroatoms. The molecule has 0 spiro atoms. The molecule has 2 N–H and O–H groups in total. The highest BCUT2D eigenvalue weighted by Crippen LogP contribution is 2.25. The average Bonchev–Trinajstić information content (AvgIpc) is 2.19. The summed E-state index contributed by atoms with van der Waals surface area (Å²) in [5.74, 6) is -1.05. The highest BCUT2D eigenvalue weighted by atomic mass is 79.9. The Kier molecular flexibility index (Phi) is 4.57. The van der Waals surface area contributed by atoms with E-state index in [0.29, 0.717) is 15.7 Å².